The fraction of sp³-hybridized carbons (Fsp3) is 0.263. The lowest BCUT2D eigenvalue weighted by atomic mass is 10.2. The van der Waals surface area contributed by atoms with Crippen molar-refractivity contribution in [2.24, 2.45) is 5.10 Å². The minimum absolute atomic E-state index is 0.130. The van der Waals surface area contributed by atoms with E-state index in [9.17, 15) is 4.79 Å². The zero-order valence-electron chi connectivity index (χ0n) is 14.9. The molecule has 2 rings (SSSR count). The number of hydrazone groups is 1. The van der Waals surface area contributed by atoms with Crippen molar-refractivity contribution in [1.29, 1.82) is 0 Å². The van der Waals surface area contributed by atoms with Crippen LogP contribution in [0.25, 0.3) is 0 Å². The number of hydrogen-bond acceptors (Lipinski definition) is 5. The molecule has 0 fully saturated rings. The van der Waals surface area contributed by atoms with Crippen LogP contribution in [0, 0.1) is 6.92 Å². The molecule has 0 radical (unpaired) electrons. The van der Waals surface area contributed by atoms with Gasteiger partial charge in [-0.2, -0.15) is 5.10 Å². The summed E-state index contributed by atoms with van der Waals surface area (Å²) < 4.78 is 17.3. The Labute approximate surface area is 161 Å². The number of nitrogens with zero attached hydrogens (tertiary/aromatic N) is 1. The minimum atomic E-state index is -0.359. The van der Waals surface area contributed by atoms with Gasteiger partial charge in [0.1, 0.15) is 5.75 Å². The number of amides is 1. The van der Waals surface area contributed by atoms with E-state index in [0.717, 1.165) is 10.0 Å². The molecule has 0 aliphatic carbocycles. The van der Waals surface area contributed by atoms with Crippen molar-refractivity contribution < 1.29 is 19.0 Å². The normalized spacial score (nSPS) is 10.6. The lowest BCUT2D eigenvalue weighted by Crippen LogP contribution is -2.24. The van der Waals surface area contributed by atoms with Gasteiger partial charge in [-0.15, -0.1) is 0 Å². The molecule has 1 N–H and O–H groups in total. The van der Waals surface area contributed by atoms with E-state index in [0.29, 0.717) is 29.4 Å². The summed E-state index contributed by atoms with van der Waals surface area (Å²) in [7, 11) is 1.57. The van der Waals surface area contributed by atoms with Crippen LogP contribution in [0.4, 0.5) is 0 Å². The molecule has 0 heterocycles. The number of hydrogen-bond donors (Lipinski definition) is 1. The number of nitrogens with one attached hydrogen (secondary N) is 1. The van der Waals surface area contributed by atoms with Crippen LogP contribution in [0.1, 0.15) is 18.1 Å². The Kier molecular flexibility index (Phi) is 7.47. The van der Waals surface area contributed by atoms with Crippen LogP contribution in [-0.4, -0.2) is 32.4 Å². The van der Waals surface area contributed by atoms with E-state index in [1.54, 1.807) is 19.2 Å². The summed E-state index contributed by atoms with van der Waals surface area (Å²) >= 11 is 3.42. The van der Waals surface area contributed by atoms with Gasteiger partial charge in [-0.05, 0) is 49.7 Å². The molecular formula is C19H21BrN2O4. The molecule has 0 saturated carbocycles. The largest absolute Gasteiger partial charge is 0.493 e. The van der Waals surface area contributed by atoms with E-state index in [1.807, 2.05) is 38.1 Å². The first-order valence-electron chi connectivity index (χ1n) is 8.05. The molecule has 0 bridgehead atoms. The molecule has 0 saturated heterocycles. The quantitative estimate of drug-likeness (QED) is 0.522. The molecule has 0 aromatic heterocycles. The van der Waals surface area contributed by atoms with Crippen molar-refractivity contribution in [2.75, 3.05) is 20.3 Å². The average Bonchev–Trinajstić information content (AvgIpc) is 2.64. The van der Waals surface area contributed by atoms with Crippen LogP contribution in [0.5, 0.6) is 17.2 Å². The highest BCUT2D eigenvalue weighted by molar-refractivity contribution is 9.10. The van der Waals surface area contributed by atoms with Gasteiger partial charge in [0.15, 0.2) is 18.1 Å². The zero-order chi connectivity index (χ0) is 18.9. The fourth-order valence-electron chi connectivity index (χ4n) is 2.16. The SMILES string of the molecule is CCOc1c(/C=N/NC(=O)COc2ccc(Br)c(C)c2)cccc1OC. The molecule has 0 unspecified atom stereocenters. The smallest absolute Gasteiger partial charge is 0.277 e. The van der Waals surface area contributed by atoms with E-state index in [2.05, 4.69) is 26.5 Å². The van der Waals surface area contributed by atoms with Crippen LogP contribution in [0.2, 0.25) is 0 Å². The number of benzene rings is 2. The highest BCUT2D eigenvalue weighted by atomic mass is 79.9. The summed E-state index contributed by atoms with van der Waals surface area (Å²) in [6.45, 7) is 4.20. The van der Waals surface area contributed by atoms with Crippen LogP contribution in [0.3, 0.4) is 0 Å². The summed E-state index contributed by atoms with van der Waals surface area (Å²) in [5.74, 6) is 1.45. The fourth-order valence-corrected chi connectivity index (χ4v) is 2.40. The Balaban J connectivity index is 1.93. The zero-order valence-corrected chi connectivity index (χ0v) is 16.5. The third-order valence-corrected chi connectivity index (χ3v) is 4.30. The maximum atomic E-state index is 11.9. The topological polar surface area (TPSA) is 69.2 Å². The van der Waals surface area contributed by atoms with E-state index in [-0.39, 0.29) is 12.5 Å². The van der Waals surface area contributed by atoms with E-state index in [4.69, 9.17) is 14.2 Å². The van der Waals surface area contributed by atoms with Crippen molar-refractivity contribution in [3.8, 4) is 17.2 Å². The van der Waals surface area contributed by atoms with E-state index in [1.165, 1.54) is 6.21 Å². The predicted octanol–water partition coefficient (Wildman–Crippen LogP) is 3.69. The highest BCUT2D eigenvalue weighted by Gasteiger charge is 2.09. The first kappa shape index (κ1) is 19.8. The summed E-state index contributed by atoms with van der Waals surface area (Å²) in [6, 6.07) is 11.0. The number of para-hydroxylation sites is 1. The minimum Gasteiger partial charge on any atom is -0.493 e. The van der Waals surface area contributed by atoms with Crippen LogP contribution in [0.15, 0.2) is 46.0 Å². The van der Waals surface area contributed by atoms with Gasteiger partial charge in [0.2, 0.25) is 0 Å². The Hall–Kier alpha value is -2.54. The number of ether oxygens (including phenoxy) is 3. The first-order valence-corrected chi connectivity index (χ1v) is 8.85. The molecule has 0 aliphatic heterocycles. The van der Waals surface area contributed by atoms with Gasteiger partial charge in [0.25, 0.3) is 5.91 Å². The monoisotopic (exact) mass is 420 g/mol. The van der Waals surface area contributed by atoms with Gasteiger partial charge in [-0.1, -0.05) is 22.0 Å². The molecule has 26 heavy (non-hydrogen) atoms. The van der Waals surface area contributed by atoms with Gasteiger partial charge in [0.05, 0.1) is 19.9 Å². The number of methoxy groups -OCH3 is 1. The van der Waals surface area contributed by atoms with Crippen LogP contribution < -0.4 is 19.6 Å². The van der Waals surface area contributed by atoms with Gasteiger partial charge >= 0.3 is 0 Å². The van der Waals surface area contributed by atoms with Crippen molar-refractivity contribution in [1.82, 2.24) is 5.43 Å². The molecule has 6 nitrogen and oxygen atoms in total. The molecule has 138 valence electrons. The summed E-state index contributed by atoms with van der Waals surface area (Å²) in [5.41, 5.74) is 4.17. The molecule has 2 aromatic carbocycles. The molecule has 2 aromatic rings. The van der Waals surface area contributed by atoms with Crippen LogP contribution in [-0.2, 0) is 4.79 Å². The lowest BCUT2D eigenvalue weighted by Gasteiger charge is -2.11. The lowest BCUT2D eigenvalue weighted by molar-refractivity contribution is -0.123. The highest BCUT2D eigenvalue weighted by Crippen LogP contribution is 2.29. The second kappa shape index (κ2) is 9.82. The van der Waals surface area contributed by atoms with Crippen molar-refractivity contribution in [3.05, 3.63) is 52.0 Å². The second-order valence-electron chi connectivity index (χ2n) is 5.30. The van der Waals surface area contributed by atoms with Crippen molar-refractivity contribution >= 4 is 28.1 Å². The third-order valence-electron chi connectivity index (χ3n) is 3.41. The maximum Gasteiger partial charge on any atom is 0.277 e. The van der Waals surface area contributed by atoms with Gasteiger partial charge < -0.3 is 14.2 Å². The third kappa shape index (κ3) is 5.49. The van der Waals surface area contributed by atoms with Gasteiger partial charge in [-0.3, -0.25) is 4.79 Å². The predicted molar refractivity (Wildman–Crippen MR) is 104 cm³/mol. The molecule has 0 atom stereocenters. The first-order chi connectivity index (χ1) is 12.5. The summed E-state index contributed by atoms with van der Waals surface area (Å²) in [6.07, 6.45) is 1.51. The Bertz CT molecular complexity index is 793. The van der Waals surface area contributed by atoms with Gasteiger partial charge in [-0.25, -0.2) is 5.43 Å². The maximum absolute atomic E-state index is 11.9. The van der Waals surface area contributed by atoms with Crippen LogP contribution >= 0.6 is 15.9 Å². The number of carbonyl (C=O) groups is 1. The molecule has 1 amide bonds. The Morgan fingerprint density at radius 2 is 2.08 bits per heavy atom. The standard InChI is InChI=1S/C19H21BrN2O4/c1-4-25-19-14(6-5-7-17(19)24-3)11-21-22-18(23)12-26-15-8-9-16(20)13(2)10-15/h5-11H,4,12H2,1-3H3,(H,22,23)/b21-11+. The Morgan fingerprint density at radius 1 is 1.27 bits per heavy atom. The average molecular weight is 421 g/mol. The van der Waals surface area contributed by atoms with E-state index < -0.39 is 0 Å². The number of aryl methyl sites for hydroxylation is 1. The molecule has 0 spiro atoms. The number of rotatable bonds is 8. The second-order valence-corrected chi connectivity index (χ2v) is 6.16. The number of halogens is 1. The molecule has 7 heteroatoms. The summed E-state index contributed by atoms with van der Waals surface area (Å²) in [4.78, 5) is 11.9. The van der Waals surface area contributed by atoms with Crippen molar-refractivity contribution in [2.45, 2.75) is 13.8 Å². The summed E-state index contributed by atoms with van der Waals surface area (Å²) in [5, 5.41) is 3.96. The van der Waals surface area contributed by atoms with Gasteiger partial charge in [0, 0.05) is 10.0 Å². The Morgan fingerprint density at radius 3 is 2.77 bits per heavy atom. The van der Waals surface area contributed by atoms with Crippen molar-refractivity contribution in [3.63, 3.8) is 0 Å². The van der Waals surface area contributed by atoms with E-state index >= 15 is 0 Å². The number of carbonyl (C=O) groups excluding carboxylic acids is 1. The molecular weight excluding hydrogens is 400 g/mol. The molecule has 0 aliphatic rings.